The zero-order chi connectivity index (χ0) is 26.9. The molecule has 37 heavy (non-hydrogen) atoms. The molecule has 0 bridgehead atoms. The van der Waals surface area contributed by atoms with Crippen molar-refractivity contribution in [3.05, 3.63) is 64.4 Å². The van der Waals surface area contributed by atoms with Gasteiger partial charge in [0.25, 0.3) is 0 Å². The predicted molar refractivity (Wildman–Crippen MR) is 145 cm³/mol. The SMILES string of the molecule is Cc1ccsc1-c1ccc([C@H](C)NC(=O)[C@@H]2C[C@@H](O)CN2C(=O)[C@H](c2cc(C(C)C)no2)C(C)C)cc1. The number of carbonyl (C=O) groups excluding carboxylic acids is 2. The van der Waals surface area contributed by atoms with Gasteiger partial charge in [0.2, 0.25) is 11.8 Å². The van der Waals surface area contributed by atoms with Crippen molar-refractivity contribution in [2.45, 2.75) is 78.0 Å². The van der Waals surface area contributed by atoms with E-state index in [1.165, 1.54) is 15.3 Å². The van der Waals surface area contributed by atoms with E-state index in [0.29, 0.717) is 5.76 Å². The first-order valence-corrected chi connectivity index (χ1v) is 13.8. The molecule has 2 N–H and O–H groups in total. The number of hydrogen-bond donors (Lipinski definition) is 2. The number of hydrogen-bond acceptors (Lipinski definition) is 6. The summed E-state index contributed by atoms with van der Waals surface area (Å²) >= 11 is 1.71. The number of rotatable bonds is 8. The molecule has 4 rings (SSSR count). The second kappa shape index (κ2) is 11.2. The highest BCUT2D eigenvalue weighted by Crippen LogP contribution is 2.33. The molecule has 4 atom stereocenters. The van der Waals surface area contributed by atoms with Gasteiger partial charge < -0.3 is 19.8 Å². The van der Waals surface area contributed by atoms with Crippen LogP contribution in [0.1, 0.15) is 81.5 Å². The van der Waals surface area contributed by atoms with Gasteiger partial charge in [0.1, 0.15) is 17.7 Å². The lowest BCUT2D eigenvalue weighted by molar-refractivity contribution is -0.141. The number of carbonyl (C=O) groups is 2. The maximum Gasteiger partial charge on any atom is 0.243 e. The van der Waals surface area contributed by atoms with Gasteiger partial charge >= 0.3 is 0 Å². The van der Waals surface area contributed by atoms with Crippen molar-refractivity contribution in [1.82, 2.24) is 15.4 Å². The molecule has 2 amide bonds. The molecule has 0 radical (unpaired) electrons. The van der Waals surface area contributed by atoms with Crippen LogP contribution in [0.5, 0.6) is 0 Å². The van der Waals surface area contributed by atoms with Gasteiger partial charge in [-0.3, -0.25) is 9.59 Å². The third kappa shape index (κ3) is 5.80. The predicted octanol–water partition coefficient (Wildman–Crippen LogP) is 5.41. The van der Waals surface area contributed by atoms with Gasteiger partial charge in [-0.1, -0.05) is 57.1 Å². The number of likely N-dealkylation sites (tertiary alicyclic amines) is 1. The van der Waals surface area contributed by atoms with Gasteiger partial charge in [-0.2, -0.15) is 0 Å². The molecule has 2 aromatic heterocycles. The van der Waals surface area contributed by atoms with Crippen LogP contribution in [0.3, 0.4) is 0 Å². The summed E-state index contributed by atoms with van der Waals surface area (Å²) in [6.45, 7) is 12.1. The first kappa shape index (κ1) is 27.1. The van der Waals surface area contributed by atoms with Crippen molar-refractivity contribution in [3.8, 4) is 10.4 Å². The number of aliphatic hydroxyl groups is 1. The van der Waals surface area contributed by atoms with Gasteiger partial charge in [0, 0.05) is 23.9 Å². The van der Waals surface area contributed by atoms with E-state index < -0.39 is 18.1 Å². The summed E-state index contributed by atoms with van der Waals surface area (Å²) in [5.74, 6) is -0.450. The second-order valence-corrected chi connectivity index (χ2v) is 11.6. The minimum absolute atomic E-state index is 0.0636. The van der Waals surface area contributed by atoms with E-state index in [1.54, 1.807) is 11.3 Å². The van der Waals surface area contributed by atoms with Crippen molar-refractivity contribution in [1.29, 1.82) is 0 Å². The molecule has 3 aromatic rings. The Kier molecular flexibility index (Phi) is 8.19. The largest absolute Gasteiger partial charge is 0.391 e. The second-order valence-electron chi connectivity index (χ2n) is 10.7. The minimum atomic E-state index is -0.753. The lowest BCUT2D eigenvalue weighted by Crippen LogP contribution is -2.48. The van der Waals surface area contributed by atoms with E-state index in [1.807, 2.05) is 52.8 Å². The van der Waals surface area contributed by atoms with Crippen molar-refractivity contribution in [2.24, 2.45) is 5.92 Å². The van der Waals surface area contributed by atoms with Gasteiger partial charge in [-0.05, 0) is 53.8 Å². The average molecular weight is 524 g/mol. The van der Waals surface area contributed by atoms with E-state index in [-0.39, 0.29) is 42.7 Å². The molecule has 1 aliphatic heterocycles. The fourth-order valence-electron chi connectivity index (χ4n) is 4.93. The standard InChI is InChI=1S/C29H37N3O4S/c1-16(2)23-14-25(36-31-23)26(17(3)4)29(35)32-15-22(33)13-24(32)28(34)30-19(6)20-7-9-21(10-8-20)27-18(5)11-12-37-27/h7-12,14,16-17,19,22,24,26,33H,13,15H2,1-6H3,(H,30,34)/t19-,22+,24-,26-/m0/s1. The maximum absolute atomic E-state index is 13.7. The van der Waals surface area contributed by atoms with Crippen LogP contribution in [0.25, 0.3) is 10.4 Å². The van der Waals surface area contributed by atoms with Gasteiger partial charge in [-0.15, -0.1) is 11.3 Å². The number of amides is 2. The van der Waals surface area contributed by atoms with Crippen LogP contribution >= 0.6 is 11.3 Å². The summed E-state index contributed by atoms with van der Waals surface area (Å²) < 4.78 is 5.56. The summed E-state index contributed by atoms with van der Waals surface area (Å²) in [4.78, 5) is 29.8. The first-order chi connectivity index (χ1) is 17.6. The zero-order valence-corrected chi connectivity index (χ0v) is 23.2. The van der Waals surface area contributed by atoms with E-state index in [0.717, 1.165) is 16.8 Å². The fraction of sp³-hybridized carbons (Fsp3) is 0.483. The number of nitrogens with one attached hydrogen (secondary N) is 1. The molecule has 0 unspecified atom stereocenters. The molecular formula is C29H37N3O4S. The highest BCUT2D eigenvalue weighted by Gasteiger charge is 2.43. The summed E-state index contributed by atoms with van der Waals surface area (Å²) in [7, 11) is 0. The number of benzene rings is 1. The molecule has 198 valence electrons. The summed E-state index contributed by atoms with van der Waals surface area (Å²) in [6, 6.07) is 11.1. The quantitative estimate of drug-likeness (QED) is 0.411. The highest BCUT2D eigenvalue weighted by atomic mass is 32.1. The molecule has 1 saturated heterocycles. The molecule has 1 aliphatic rings. The van der Waals surface area contributed by atoms with Gasteiger partial charge in [0.15, 0.2) is 0 Å². The molecule has 8 heteroatoms. The van der Waals surface area contributed by atoms with Crippen LogP contribution < -0.4 is 5.32 Å². The summed E-state index contributed by atoms with van der Waals surface area (Å²) in [5, 5.41) is 19.7. The normalized spacial score (nSPS) is 19.4. The third-order valence-electron chi connectivity index (χ3n) is 7.14. The van der Waals surface area contributed by atoms with Crippen molar-refractivity contribution >= 4 is 23.2 Å². The number of thiophene rings is 1. The molecule has 1 aromatic carbocycles. The first-order valence-electron chi connectivity index (χ1n) is 13.0. The number of β-amino-alcohol motifs (C(OH)–C–C–N with tert-alkyl or cyclic N) is 1. The van der Waals surface area contributed by atoms with Crippen molar-refractivity contribution in [3.63, 3.8) is 0 Å². The number of aryl methyl sites for hydroxylation is 1. The lowest BCUT2D eigenvalue weighted by Gasteiger charge is -2.29. The number of aliphatic hydroxyl groups excluding tert-OH is 1. The molecule has 3 heterocycles. The Morgan fingerprint density at radius 1 is 1.14 bits per heavy atom. The average Bonchev–Trinajstić information content (AvgIpc) is 3.59. The van der Waals surface area contributed by atoms with Gasteiger partial charge in [-0.25, -0.2) is 0 Å². The Balaban J connectivity index is 1.48. The van der Waals surface area contributed by atoms with E-state index >= 15 is 0 Å². The molecule has 1 fully saturated rings. The summed E-state index contributed by atoms with van der Waals surface area (Å²) in [5.41, 5.74) is 4.16. The van der Waals surface area contributed by atoms with Gasteiger partial charge in [0.05, 0.1) is 17.8 Å². The van der Waals surface area contributed by atoms with E-state index in [2.05, 4.69) is 41.0 Å². The Morgan fingerprint density at radius 2 is 1.84 bits per heavy atom. The third-order valence-corrected chi connectivity index (χ3v) is 8.20. The van der Waals surface area contributed by atoms with Crippen molar-refractivity contribution < 1.29 is 19.2 Å². The lowest BCUT2D eigenvalue weighted by atomic mass is 9.90. The Morgan fingerprint density at radius 3 is 2.41 bits per heavy atom. The topological polar surface area (TPSA) is 95.7 Å². The Hall–Kier alpha value is -2.97. The minimum Gasteiger partial charge on any atom is -0.391 e. The molecule has 0 aliphatic carbocycles. The highest BCUT2D eigenvalue weighted by molar-refractivity contribution is 7.13. The molecular weight excluding hydrogens is 486 g/mol. The zero-order valence-electron chi connectivity index (χ0n) is 22.4. The van der Waals surface area contributed by atoms with Crippen LogP contribution in [0.2, 0.25) is 0 Å². The molecule has 0 spiro atoms. The van der Waals surface area contributed by atoms with Crippen molar-refractivity contribution in [2.75, 3.05) is 6.54 Å². The smallest absolute Gasteiger partial charge is 0.243 e. The van der Waals surface area contributed by atoms with Crippen LogP contribution in [-0.4, -0.2) is 45.7 Å². The fourth-order valence-corrected chi connectivity index (χ4v) is 5.86. The van der Waals surface area contributed by atoms with E-state index in [9.17, 15) is 14.7 Å². The summed E-state index contributed by atoms with van der Waals surface area (Å²) in [6.07, 6.45) is -0.545. The number of nitrogens with zero attached hydrogens (tertiary/aromatic N) is 2. The monoisotopic (exact) mass is 523 g/mol. The number of aromatic nitrogens is 1. The van der Waals surface area contributed by atoms with Crippen LogP contribution in [0, 0.1) is 12.8 Å². The van der Waals surface area contributed by atoms with Crippen LogP contribution in [-0.2, 0) is 9.59 Å². The maximum atomic E-state index is 13.7. The van der Waals surface area contributed by atoms with Crippen LogP contribution in [0.15, 0.2) is 46.3 Å². The molecule has 7 nitrogen and oxygen atoms in total. The van der Waals surface area contributed by atoms with E-state index in [4.69, 9.17) is 4.52 Å². The Bertz CT molecular complexity index is 1230. The van der Waals surface area contributed by atoms with Crippen LogP contribution in [0.4, 0.5) is 0 Å². The Labute approximate surface area is 222 Å². The molecule has 0 saturated carbocycles.